The van der Waals surface area contributed by atoms with E-state index in [1.165, 1.54) is 18.3 Å². The molecule has 1 aliphatic rings. The molecule has 2 aromatic carbocycles. The molecule has 37 heavy (non-hydrogen) atoms. The van der Waals surface area contributed by atoms with Gasteiger partial charge in [-0.1, -0.05) is 12.1 Å². The number of fused-ring (bicyclic) bond motifs is 1. The Labute approximate surface area is 215 Å². The van der Waals surface area contributed by atoms with Crippen LogP contribution >= 0.6 is 0 Å². The van der Waals surface area contributed by atoms with Gasteiger partial charge in [0.1, 0.15) is 11.9 Å². The summed E-state index contributed by atoms with van der Waals surface area (Å²) in [6.07, 6.45) is 6.40. The van der Waals surface area contributed by atoms with Crippen LogP contribution < -0.4 is 5.32 Å². The summed E-state index contributed by atoms with van der Waals surface area (Å²) in [5.74, 6) is -0.589. The van der Waals surface area contributed by atoms with Gasteiger partial charge in [-0.15, -0.1) is 0 Å². The molecule has 0 radical (unpaired) electrons. The number of benzene rings is 2. The topological polar surface area (TPSA) is 101 Å². The number of hydrogen-bond donors (Lipinski definition) is 3. The number of rotatable bonds is 6. The number of halogens is 1. The number of hydrogen-bond acceptors (Lipinski definition) is 6. The van der Waals surface area contributed by atoms with Crippen molar-refractivity contribution in [2.24, 2.45) is 0 Å². The number of piperidine rings is 1. The molecular weight excluding hydrogens is 467 g/mol. The molecule has 5 rings (SSSR count). The largest absolute Gasteiger partial charge is 0.388 e. The van der Waals surface area contributed by atoms with E-state index in [2.05, 4.69) is 17.3 Å². The van der Waals surface area contributed by atoms with Crippen molar-refractivity contribution in [3.63, 3.8) is 0 Å². The molecule has 0 bridgehead atoms. The van der Waals surface area contributed by atoms with Crippen LogP contribution in [0.3, 0.4) is 0 Å². The van der Waals surface area contributed by atoms with Crippen molar-refractivity contribution in [2.75, 3.05) is 32.5 Å². The molecular formula is C29H29FN6O. The lowest BCUT2D eigenvalue weighted by atomic mass is 9.91. The van der Waals surface area contributed by atoms with Gasteiger partial charge in [0.15, 0.2) is 0 Å². The minimum Gasteiger partial charge on any atom is -0.388 e. The number of anilines is 1. The monoisotopic (exact) mass is 496 g/mol. The summed E-state index contributed by atoms with van der Waals surface area (Å²) >= 11 is 0. The van der Waals surface area contributed by atoms with Crippen LogP contribution in [0.2, 0.25) is 0 Å². The van der Waals surface area contributed by atoms with E-state index in [0.717, 1.165) is 40.8 Å². The average molecular weight is 497 g/mol. The first kappa shape index (κ1) is 24.6. The second-order valence-corrected chi connectivity index (χ2v) is 9.75. The first-order valence-electron chi connectivity index (χ1n) is 12.3. The van der Waals surface area contributed by atoms with Crippen molar-refractivity contribution in [3.8, 4) is 28.5 Å². The molecule has 2 aromatic heterocycles. The molecule has 0 aliphatic carbocycles. The lowest BCUT2D eigenvalue weighted by Crippen LogP contribution is -2.45. The second kappa shape index (κ2) is 9.77. The van der Waals surface area contributed by atoms with Gasteiger partial charge in [0.2, 0.25) is 0 Å². The Balaban J connectivity index is 1.68. The maximum atomic E-state index is 14.8. The number of aliphatic hydroxyl groups is 1. The van der Waals surface area contributed by atoms with Crippen LogP contribution in [0.4, 0.5) is 10.1 Å². The zero-order chi connectivity index (χ0) is 26.2. The van der Waals surface area contributed by atoms with Crippen LogP contribution in [0.25, 0.3) is 33.3 Å². The number of likely N-dealkylation sites (tertiary alicyclic amines) is 1. The SMILES string of the molecule is CNc1ccc(-c2ncc3c(ccn3CC3(O)CCN(C)CC3)c2-c2ccc(C#N)c(F)c2)cc1C=N. The van der Waals surface area contributed by atoms with Gasteiger partial charge in [-0.2, -0.15) is 5.26 Å². The molecule has 3 N–H and O–H groups in total. The number of nitriles is 1. The maximum absolute atomic E-state index is 14.8. The van der Waals surface area contributed by atoms with Crippen molar-refractivity contribution in [1.29, 1.82) is 10.7 Å². The van der Waals surface area contributed by atoms with E-state index in [0.29, 0.717) is 36.2 Å². The van der Waals surface area contributed by atoms with Crippen LogP contribution in [0.1, 0.15) is 24.0 Å². The third-order valence-electron chi connectivity index (χ3n) is 7.34. The lowest BCUT2D eigenvalue weighted by Gasteiger charge is -2.37. The molecule has 0 saturated carbocycles. The number of pyridine rings is 1. The minimum absolute atomic E-state index is 0.0167. The highest BCUT2D eigenvalue weighted by Gasteiger charge is 2.32. The van der Waals surface area contributed by atoms with Crippen molar-refractivity contribution in [3.05, 3.63) is 71.8 Å². The summed E-state index contributed by atoms with van der Waals surface area (Å²) in [7, 11) is 3.87. The summed E-state index contributed by atoms with van der Waals surface area (Å²) in [6, 6.07) is 14.2. The Hall–Kier alpha value is -4.06. The molecule has 1 aliphatic heterocycles. The quantitative estimate of drug-likeness (QED) is 0.331. The summed E-state index contributed by atoms with van der Waals surface area (Å²) in [5, 5.41) is 32.3. The van der Waals surface area contributed by atoms with Gasteiger partial charge in [0.05, 0.1) is 35.1 Å². The van der Waals surface area contributed by atoms with E-state index in [4.69, 9.17) is 10.4 Å². The molecule has 0 spiro atoms. The molecule has 1 fully saturated rings. The highest BCUT2D eigenvalue weighted by molar-refractivity contribution is 6.02. The van der Waals surface area contributed by atoms with Gasteiger partial charge < -0.3 is 25.3 Å². The molecule has 4 aromatic rings. The molecule has 7 nitrogen and oxygen atoms in total. The number of nitrogens with zero attached hydrogens (tertiary/aromatic N) is 4. The summed E-state index contributed by atoms with van der Waals surface area (Å²) in [6.45, 7) is 2.12. The molecule has 0 amide bonds. The van der Waals surface area contributed by atoms with Gasteiger partial charge in [-0.3, -0.25) is 4.98 Å². The highest BCUT2D eigenvalue weighted by atomic mass is 19.1. The fourth-order valence-corrected chi connectivity index (χ4v) is 5.14. The molecule has 188 valence electrons. The van der Waals surface area contributed by atoms with E-state index in [1.807, 2.05) is 41.1 Å². The van der Waals surface area contributed by atoms with Crippen molar-refractivity contribution in [1.82, 2.24) is 14.5 Å². The van der Waals surface area contributed by atoms with Crippen LogP contribution in [-0.4, -0.2) is 58.6 Å². The molecule has 0 unspecified atom stereocenters. The van der Waals surface area contributed by atoms with Gasteiger partial charge in [-0.25, -0.2) is 4.39 Å². The normalized spacial score (nSPS) is 15.4. The van der Waals surface area contributed by atoms with Gasteiger partial charge in [0.25, 0.3) is 0 Å². The number of aromatic nitrogens is 2. The molecule has 8 heteroatoms. The fourth-order valence-electron chi connectivity index (χ4n) is 5.14. The van der Waals surface area contributed by atoms with Crippen LogP contribution in [0, 0.1) is 22.6 Å². The van der Waals surface area contributed by atoms with E-state index in [-0.39, 0.29) is 5.56 Å². The number of nitrogens with one attached hydrogen (secondary N) is 2. The maximum Gasteiger partial charge on any atom is 0.141 e. The van der Waals surface area contributed by atoms with Gasteiger partial charge >= 0.3 is 0 Å². The predicted octanol–water partition coefficient (Wildman–Crippen LogP) is 4.88. The zero-order valence-corrected chi connectivity index (χ0v) is 20.9. The van der Waals surface area contributed by atoms with Gasteiger partial charge in [0, 0.05) is 60.3 Å². The average Bonchev–Trinajstić information content (AvgIpc) is 3.31. The Morgan fingerprint density at radius 1 is 1.19 bits per heavy atom. The van der Waals surface area contributed by atoms with E-state index in [9.17, 15) is 14.8 Å². The van der Waals surface area contributed by atoms with E-state index in [1.54, 1.807) is 19.3 Å². The first-order valence-corrected chi connectivity index (χ1v) is 12.3. The first-order chi connectivity index (χ1) is 17.9. The Morgan fingerprint density at radius 2 is 1.95 bits per heavy atom. The van der Waals surface area contributed by atoms with Crippen LogP contribution in [0.15, 0.2) is 54.9 Å². The van der Waals surface area contributed by atoms with E-state index >= 15 is 0 Å². The standard InChI is InChI=1S/C29H29FN6O/c1-33-25-6-5-20(13-22(25)16-32)28-27(19-3-4-21(15-31)24(30)14-19)23-7-10-36(26(23)17-34-28)18-29(37)8-11-35(2)12-9-29/h3-7,10,13-14,16-17,32-33,37H,8-9,11-12,18H2,1-2H3. The minimum atomic E-state index is -0.806. The zero-order valence-electron chi connectivity index (χ0n) is 20.9. The third-order valence-corrected chi connectivity index (χ3v) is 7.34. The smallest absolute Gasteiger partial charge is 0.141 e. The Kier molecular flexibility index (Phi) is 6.50. The van der Waals surface area contributed by atoms with E-state index < -0.39 is 11.4 Å². The highest BCUT2D eigenvalue weighted by Crippen LogP contribution is 2.39. The molecule has 0 atom stereocenters. The van der Waals surface area contributed by atoms with Crippen molar-refractivity contribution in [2.45, 2.75) is 25.0 Å². The van der Waals surface area contributed by atoms with Crippen LogP contribution in [0.5, 0.6) is 0 Å². The Bertz CT molecular complexity index is 1530. The fraction of sp³-hybridized carbons (Fsp3) is 0.276. The second-order valence-electron chi connectivity index (χ2n) is 9.75. The Morgan fingerprint density at radius 3 is 2.62 bits per heavy atom. The molecule has 3 heterocycles. The summed E-state index contributed by atoms with van der Waals surface area (Å²) < 4.78 is 16.8. The van der Waals surface area contributed by atoms with Gasteiger partial charge in [-0.05, 0) is 55.8 Å². The third kappa shape index (κ3) is 4.59. The predicted molar refractivity (Wildman–Crippen MR) is 144 cm³/mol. The summed E-state index contributed by atoms with van der Waals surface area (Å²) in [5.41, 5.74) is 4.34. The lowest BCUT2D eigenvalue weighted by molar-refractivity contribution is -0.0282. The van der Waals surface area contributed by atoms with Crippen molar-refractivity contribution < 1.29 is 9.50 Å². The molecule has 1 saturated heterocycles. The summed E-state index contributed by atoms with van der Waals surface area (Å²) in [4.78, 5) is 7.04. The van der Waals surface area contributed by atoms with Crippen molar-refractivity contribution >= 4 is 22.8 Å². The van der Waals surface area contributed by atoms with Crippen LogP contribution in [-0.2, 0) is 6.54 Å².